The van der Waals surface area contributed by atoms with E-state index >= 15 is 0 Å². The smallest absolute Gasteiger partial charge is 0.455 e. The molecule has 2 aliphatic carbocycles. The van der Waals surface area contributed by atoms with Crippen LogP contribution in [0.4, 0.5) is 8.78 Å². The zero-order valence-electron chi connectivity index (χ0n) is 12.0. The summed E-state index contributed by atoms with van der Waals surface area (Å²) in [6, 6.07) is 0. The first-order valence-corrected chi connectivity index (χ1v) is 9.62. The average Bonchev–Trinajstić information content (AvgIpc) is 2.84. The first-order chi connectivity index (χ1) is 10.2. The van der Waals surface area contributed by atoms with Crippen LogP contribution in [0.15, 0.2) is 0 Å². The van der Waals surface area contributed by atoms with E-state index in [9.17, 15) is 30.4 Å². The third-order valence-corrected chi connectivity index (χ3v) is 7.92. The maximum atomic E-state index is 13.4. The number of hydrogen-bond donors (Lipinski definition) is 1. The molecule has 8 nitrogen and oxygen atoms in total. The van der Waals surface area contributed by atoms with Crippen LogP contribution in [0.25, 0.3) is 0 Å². The lowest BCUT2D eigenvalue weighted by atomic mass is 9.78. The van der Waals surface area contributed by atoms with Gasteiger partial charge < -0.3 is 4.74 Å². The van der Waals surface area contributed by atoms with Crippen LogP contribution in [-0.4, -0.2) is 50.1 Å². The van der Waals surface area contributed by atoms with Crippen LogP contribution in [0.5, 0.6) is 0 Å². The van der Waals surface area contributed by atoms with Crippen molar-refractivity contribution in [2.75, 3.05) is 0 Å². The average molecular weight is 376 g/mol. The summed E-state index contributed by atoms with van der Waals surface area (Å²) in [6.45, 7) is 3.26. The number of rotatable bonds is 3. The van der Waals surface area contributed by atoms with Crippen LogP contribution in [-0.2, 0) is 34.0 Å². The van der Waals surface area contributed by atoms with Gasteiger partial charge in [0.2, 0.25) is 0 Å². The minimum Gasteiger partial charge on any atom is -0.455 e. The molecule has 1 aliphatic heterocycles. The van der Waals surface area contributed by atoms with Gasteiger partial charge in [0.05, 0.1) is 6.10 Å². The van der Waals surface area contributed by atoms with Gasteiger partial charge in [-0.3, -0.25) is 8.74 Å². The molecule has 1 saturated heterocycles. The second kappa shape index (κ2) is 4.41. The van der Waals surface area contributed by atoms with Crippen LogP contribution < -0.4 is 0 Å². The number of halogens is 2. The number of fused-ring (bicyclic) bond motifs is 1. The number of alkyl halides is 2. The fourth-order valence-corrected chi connectivity index (χ4v) is 6.81. The van der Waals surface area contributed by atoms with Crippen molar-refractivity contribution in [3.05, 3.63) is 0 Å². The van der Waals surface area contributed by atoms with Gasteiger partial charge in [0, 0.05) is 11.3 Å². The van der Waals surface area contributed by atoms with Crippen molar-refractivity contribution in [2.45, 2.75) is 43.0 Å². The highest BCUT2D eigenvalue weighted by Crippen LogP contribution is 2.65. The Morgan fingerprint density at radius 2 is 2.00 bits per heavy atom. The highest BCUT2D eigenvalue weighted by Gasteiger charge is 2.75. The molecule has 12 heteroatoms. The third kappa shape index (κ3) is 2.01. The molecule has 1 N–H and O–H groups in total. The predicted molar refractivity (Wildman–Crippen MR) is 69.3 cm³/mol. The first-order valence-electron chi connectivity index (χ1n) is 6.71. The summed E-state index contributed by atoms with van der Waals surface area (Å²) in [5, 5.41) is -6.50. The number of carbonyl (C=O) groups is 1. The standard InChI is InChI=1S/C11H14F2O8S2/c1-4-5-3-10(2)7(4)21-22(15,16)8(10)6(5)20-9(14)11(12,13)23(17,18)19/h4-8H,3H2,1-2H3,(H,17,18,19). The monoisotopic (exact) mass is 376 g/mol. The minimum absolute atomic E-state index is 0.290. The van der Waals surface area contributed by atoms with Crippen molar-refractivity contribution >= 4 is 26.2 Å². The van der Waals surface area contributed by atoms with Gasteiger partial charge in [-0.1, -0.05) is 13.8 Å². The Labute approximate surface area is 131 Å². The summed E-state index contributed by atoms with van der Waals surface area (Å²) in [5.41, 5.74) is -0.888. The number of hydrogen-bond acceptors (Lipinski definition) is 7. The second-order valence-electron chi connectivity index (χ2n) is 6.52. The van der Waals surface area contributed by atoms with Crippen molar-refractivity contribution in [3.8, 4) is 0 Å². The minimum atomic E-state index is -6.02. The van der Waals surface area contributed by atoms with Gasteiger partial charge in [-0.2, -0.15) is 25.6 Å². The summed E-state index contributed by atoms with van der Waals surface area (Å²) in [5.74, 6) is -3.41. The Morgan fingerprint density at radius 1 is 1.43 bits per heavy atom. The quantitative estimate of drug-likeness (QED) is 0.419. The lowest BCUT2D eigenvalue weighted by Crippen LogP contribution is -2.50. The first kappa shape index (κ1) is 17.0. The van der Waals surface area contributed by atoms with Gasteiger partial charge in [-0.25, -0.2) is 4.79 Å². The highest BCUT2D eigenvalue weighted by molar-refractivity contribution is 7.88. The van der Waals surface area contributed by atoms with E-state index in [0.717, 1.165) is 0 Å². The molecule has 3 aliphatic rings. The zero-order valence-corrected chi connectivity index (χ0v) is 13.6. The fourth-order valence-electron chi connectivity index (χ4n) is 4.27. The molecule has 0 amide bonds. The fraction of sp³-hybridized carbons (Fsp3) is 0.909. The SMILES string of the molecule is CC1C2CC3(C)C1OS(=O)(=O)C3C2OC(=O)C(F)(F)S(=O)(=O)O. The molecule has 3 fully saturated rings. The van der Waals surface area contributed by atoms with Gasteiger partial charge in [-0.05, 0) is 12.3 Å². The van der Waals surface area contributed by atoms with Crippen molar-refractivity contribution in [2.24, 2.45) is 17.3 Å². The van der Waals surface area contributed by atoms with Crippen LogP contribution in [0.2, 0.25) is 0 Å². The molecule has 23 heavy (non-hydrogen) atoms. The largest absolute Gasteiger partial charge is 0.465 e. The second-order valence-corrected chi connectivity index (χ2v) is 9.67. The number of ether oxygens (including phenoxy) is 1. The molecule has 0 aromatic rings. The Morgan fingerprint density at radius 3 is 2.52 bits per heavy atom. The van der Waals surface area contributed by atoms with Gasteiger partial charge in [0.1, 0.15) is 11.4 Å². The van der Waals surface area contributed by atoms with E-state index in [1.165, 1.54) is 0 Å². The lowest BCUT2D eigenvalue weighted by molar-refractivity contribution is -0.171. The Bertz CT molecular complexity index is 776. The number of carbonyl (C=O) groups excluding carboxylic acids is 1. The van der Waals surface area contributed by atoms with E-state index < -0.39 is 60.3 Å². The van der Waals surface area contributed by atoms with Gasteiger partial charge in [-0.15, -0.1) is 0 Å². The van der Waals surface area contributed by atoms with Crippen LogP contribution in [0.3, 0.4) is 0 Å². The van der Waals surface area contributed by atoms with Gasteiger partial charge >= 0.3 is 21.3 Å². The highest BCUT2D eigenvalue weighted by atomic mass is 32.2. The Hall–Kier alpha value is -0.850. The Kier molecular flexibility index (Phi) is 3.25. The van der Waals surface area contributed by atoms with Crippen LogP contribution >= 0.6 is 0 Å². The topological polar surface area (TPSA) is 124 Å². The summed E-state index contributed by atoms with van der Waals surface area (Å²) in [7, 11) is -10.1. The molecule has 2 bridgehead atoms. The molecular formula is C11H14F2O8S2. The normalized spacial score (nSPS) is 44.5. The summed E-state index contributed by atoms with van der Waals surface area (Å²) >= 11 is 0. The van der Waals surface area contributed by atoms with Gasteiger partial charge in [0.15, 0.2) is 0 Å². The zero-order chi connectivity index (χ0) is 17.6. The molecule has 0 aromatic heterocycles. The molecule has 0 aromatic carbocycles. The van der Waals surface area contributed by atoms with E-state index in [4.69, 9.17) is 8.74 Å². The molecular weight excluding hydrogens is 362 g/mol. The number of esters is 1. The maximum Gasteiger partial charge on any atom is 0.465 e. The predicted octanol–water partition coefficient (Wildman–Crippen LogP) is 0.152. The molecule has 1 heterocycles. The molecule has 6 atom stereocenters. The molecule has 0 spiro atoms. The van der Waals surface area contributed by atoms with E-state index in [2.05, 4.69) is 4.74 Å². The molecule has 0 radical (unpaired) electrons. The van der Waals surface area contributed by atoms with Crippen LogP contribution in [0, 0.1) is 17.3 Å². The Balaban J connectivity index is 1.95. The van der Waals surface area contributed by atoms with Gasteiger partial charge in [0.25, 0.3) is 10.1 Å². The molecule has 132 valence electrons. The maximum absolute atomic E-state index is 13.4. The van der Waals surface area contributed by atoms with Crippen LogP contribution in [0.1, 0.15) is 20.3 Å². The molecule has 2 saturated carbocycles. The molecule has 6 unspecified atom stereocenters. The van der Waals surface area contributed by atoms with Crippen molar-refractivity contribution in [1.82, 2.24) is 0 Å². The van der Waals surface area contributed by atoms with E-state index in [1.807, 2.05) is 0 Å². The molecule has 3 rings (SSSR count). The van der Waals surface area contributed by atoms with Crippen molar-refractivity contribution in [1.29, 1.82) is 0 Å². The third-order valence-electron chi connectivity index (χ3n) is 5.20. The summed E-state index contributed by atoms with van der Waals surface area (Å²) < 4.78 is 90.1. The van der Waals surface area contributed by atoms with Crippen molar-refractivity contribution < 1.29 is 43.9 Å². The van der Waals surface area contributed by atoms with E-state index in [-0.39, 0.29) is 12.3 Å². The van der Waals surface area contributed by atoms with E-state index in [0.29, 0.717) is 0 Å². The summed E-state index contributed by atoms with van der Waals surface area (Å²) in [4.78, 5) is 11.5. The van der Waals surface area contributed by atoms with E-state index in [1.54, 1.807) is 13.8 Å². The van der Waals surface area contributed by atoms with Crippen molar-refractivity contribution in [3.63, 3.8) is 0 Å². The lowest BCUT2D eigenvalue weighted by Gasteiger charge is -2.34. The summed E-state index contributed by atoms with van der Waals surface area (Å²) in [6.07, 6.45) is -1.78.